The third kappa shape index (κ3) is 5.48. The molecule has 1 amide bonds. The van der Waals surface area contributed by atoms with Crippen molar-refractivity contribution in [2.75, 3.05) is 13.7 Å². The molecule has 6 heteroatoms. The maximum absolute atomic E-state index is 12.5. The first-order chi connectivity index (χ1) is 13.5. The predicted molar refractivity (Wildman–Crippen MR) is 113 cm³/mol. The van der Waals surface area contributed by atoms with E-state index < -0.39 is 5.91 Å². The van der Waals surface area contributed by atoms with Crippen molar-refractivity contribution in [2.45, 2.75) is 13.0 Å². The third-order valence-electron chi connectivity index (χ3n) is 3.92. The second kappa shape index (κ2) is 10.3. The molecule has 2 aromatic rings. The first-order valence-corrected chi connectivity index (χ1v) is 9.38. The van der Waals surface area contributed by atoms with Crippen LogP contribution >= 0.6 is 15.9 Å². The number of nitrogens with zero attached hydrogens (tertiary/aromatic N) is 1. The molecule has 1 N–H and O–H groups in total. The van der Waals surface area contributed by atoms with Crippen molar-refractivity contribution in [3.05, 3.63) is 76.3 Å². The maximum Gasteiger partial charge on any atom is 0.262 e. The molecule has 144 valence electrons. The van der Waals surface area contributed by atoms with Crippen LogP contribution in [0.4, 0.5) is 0 Å². The van der Waals surface area contributed by atoms with Crippen LogP contribution in [-0.2, 0) is 4.79 Å². The van der Waals surface area contributed by atoms with Crippen LogP contribution in [0.5, 0.6) is 11.5 Å². The minimum Gasteiger partial charge on any atom is -0.493 e. The molecular formula is C22H21BrN2O3. The highest BCUT2D eigenvalue weighted by molar-refractivity contribution is 9.10. The van der Waals surface area contributed by atoms with E-state index in [0.29, 0.717) is 28.1 Å². The predicted octanol–water partition coefficient (Wildman–Crippen LogP) is 4.81. The summed E-state index contributed by atoms with van der Waals surface area (Å²) >= 11 is 3.44. The minimum absolute atomic E-state index is 0.00325. The third-order valence-corrected chi connectivity index (χ3v) is 4.51. The van der Waals surface area contributed by atoms with Gasteiger partial charge in [0.1, 0.15) is 18.2 Å². The highest BCUT2D eigenvalue weighted by Gasteiger charge is 2.15. The van der Waals surface area contributed by atoms with E-state index in [1.807, 2.05) is 43.3 Å². The lowest BCUT2D eigenvalue weighted by Crippen LogP contribution is -2.27. The normalized spacial score (nSPS) is 11.9. The van der Waals surface area contributed by atoms with E-state index in [9.17, 15) is 10.1 Å². The Balaban J connectivity index is 2.26. The number of hydrogen-bond donors (Lipinski definition) is 1. The molecule has 0 heterocycles. The second-order valence-electron chi connectivity index (χ2n) is 5.91. The molecule has 0 aliphatic carbocycles. The Morgan fingerprint density at radius 2 is 2.07 bits per heavy atom. The number of hydrogen-bond acceptors (Lipinski definition) is 4. The summed E-state index contributed by atoms with van der Waals surface area (Å²) < 4.78 is 11.6. The van der Waals surface area contributed by atoms with Gasteiger partial charge in [0.15, 0.2) is 11.5 Å². The highest BCUT2D eigenvalue weighted by Crippen LogP contribution is 2.37. The standard InChI is InChI=1S/C22H21BrN2O3/c1-4-10-28-21-19(23)12-16(13-20(21)27-3)11-18(14-24)22(26)25-15(2)17-8-6-5-7-9-17/h4-9,11-13,15H,1,10H2,2-3H3,(H,25,26)/b18-11+. The summed E-state index contributed by atoms with van der Waals surface area (Å²) in [7, 11) is 1.52. The van der Waals surface area contributed by atoms with E-state index in [-0.39, 0.29) is 11.6 Å². The molecule has 0 saturated heterocycles. The number of nitrogens with one attached hydrogen (secondary N) is 1. The van der Waals surface area contributed by atoms with Gasteiger partial charge in [-0.2, -0.15) is 5.26 Å². The van der Waals surface area contributed by atoms with E-state index >= 15 is 0 Å². The molecule has 1 atom stereocenters. The fraction of sp³-hybridized carbons (Fsp3) is 0.182. The van der Waals surface area contributed by atoms with Crippen molar-refractivity contribution in [3.8, 4) is 17.6 Å². The number of benzene rings is 2. The van der Waals surface area contributed by atoms with Gasteiger partial charge in [-0.25, -0.2) is 0 Å². The van der Waals surface area contributed by atoms with Gasteiger partial charge in [0, 0.05) is 0 Å². The molecule has 0 bridgehead atoms. The van der Waals surface area contributed by atoms with Gasteiger partial charge in [-0.1, -0.05) is 43.0 Å². The summed E-state index contributed by atoms with van der Waals surface area (Å²) in [5, 5.41) is 12.3. The lowest BCUT2D eigenvalue weighted by atomic mass is 10.1. The van der Waals surface area contributed by atoms with E-state index in [1.54, 1.807) is 18.2 Å². The molecule has 0 spiro atoms. The van der Waals surface area contributed by atoms with Crippen LogP contribution in [0.15, 0.2) is 65.2 Å². The zero-order chi connectivity index (χ0) is 20.5. The fourth-order valence-electron chi connectivity index (χ4n) is 2.52. The number of carbonyl (C=O) groups is 1. The number of halogens is 1. The van der Waals surface area contributed by atoms with Gasteiger partial charge in [-0.3, -0.25) is 4.79 Å². The Kier molecular flexibility index (Phi) is 7.85. The monoisotopic (exact) mass is 440 g/mol. The van der Waals surface area contributed by atoms with Gasteiger partial charge >= 0.3 is 0 Å². The largest absolute Gasteiger partial charge is 0.493 e. The summed E-state index contributed by atoms with van der Waals surface area (Å²) in [6.45, 7) is 5.82. The van der Waals surface area contributed by atoms with Crippen LogP contribution in [0.3, 0.4) is 0 Å². The van der Waals surface area contributed by atoms with Crippen LogP contribution in [0.2, 0.25) is 0 Å². The van der Waals surface area contributed by atoms with E-state index in [1.165, 1.54) is 13.2 Å². The zero-order valence-corrected chi connectivity index (χ0v) is 17.3. The fourth-order valence-corrected chi connectivity index (χ4v) is 3.09. The quantitative estimate of drug-likeness (QED) is 0.363. The van der Waals surface area contributed by atoms with Crippen molar-refractivity contribution in [3.63, 3.8) is 0 Å². The van der Waals surface area contributed by atoms with E-state index in [4.69, 9.17) is 9.47 Å². The van der Waals surface area contributed by atoms with Crippen molar-refractivity contribution < 1.29 is 14.3 Å². The maximum atomic E-state index is 12.5. The Labute approximate surface area is 173 Å². The summed E-state index contributed by atoms with van der Waals surface area (Å²) in [5.74, 6) is 0.568. The molecule has 2 rings (SSSR count). The van der Waals surface area contributed by atoms with Crippen molar-refractivity contribution in [1.82, 2.24) is 5.32 Å². The van der Waals surface area contributed by atoms with Gasteiger partial charge < -0.3 is 14.8 Å². The Morgan fingerprint density at radius 3 is 2.68 bits per heavy atom. The Bertz CT molecular complexity index is 917. The number of ether oxygens (including phenoxy) is 2. The summed E-state index contributed by atoms with van der Waals surface area (Å²) in [6, 6.07) is 14.8. The summed E-state index contributed by atoms with van der Waals surface area (Å²) in [6.07, 6.45) is 3.14. The second-order valence-corrected chi connectivity index (χ2v) is 6.76. The molecule has 0 radical (unpaired) electrons. The Hall–Kier alpha value is -3.04. The average molecular weight is 441 g/mol. The molecule has 5 nitrogen and oxygen atoms in total. The molecule has 0 saturated carbocycles. The molecular weight excluding hydrogens is 420 g/mol. The SMILES string of the molecule is C=CCOc1c(Br)cc(/C=C(\C#N)C(=O)NC(C)c2ccccc2)cc1OC. The molecule has 0 fully saturated rings. The average Bonchev–Trinajstić information content (AvgIpc) is 2.71. The smallest absolute Gasteiger partial charge is 0.262 e. The molecule has 0 aliphatic rings. The van der Waals surface area contributed by atoms with Crippen LogP contribution in [0.1, 0.15) is 24.1 Å². The first kappa shape index (κ1) is 21.3. The number of nitriles is 1. The first-order valence-electron chi connectivity index (χ1n) is 8.59. The summed E-state index contributed by atoms with van der Waals surface area (Å²) in [4.78, 5) is 12.5. The van der Waals surface area contributed by atoms with Crippen molar-refractivity contribution in [1.29, 1.82) is 5.26 Å². The van der Waals surface area contributed by atoms with Crippen molar-refractivity contribution in [2.24, 2.45) is 0 Å². The van der Waals surface area contributed by atoms with E-state index in [2.05, 4.69) is 27.8 Å². The van der Waals surface area contributed by atoms with Gasteiger partial charge in [0.25, 0.3) is 5.91 Å². The minimum atomic E-state index is -0.444. The topological polar surface area (TPSA) is 71.3 Å². The van der Waals surface area contributed by atoms with Crippen LogP contribution in [-0.4, -0.2) is 19.6 Å². The summed E-state index contributed by atoms with van der Waals surface area (Å²) in [5.41, 5.74) is 1.59. The van der Waals surface area contributed by atoms with Crippen molar-refractivity contribution >= 4 is 27.9 Å². The van der Waals surface area contributed by atoms with Gasteiger partial charge in [-0.15, -0.1) is 0 Å². The number of methoxy groups -OCH3 is 1. The van der Waals surface area contributed by atoms with E-state index in [0.717, 1.165) is 5.56 Å². The highest BCUT2D eigenvalue weighted by atomic mass is 79.9. The zero-order valence-electron chi connectivity index (χ0n) is 15.7. The molecule has 1 unspecified atom stereocenters. The van der Waals surface area contributed by atoms with Crippen LogP contribution < -0.4 is 14.8 Å². The van der Waals surface area contributed by atoms with Crippen LogP contribution in [0, 0.1) is 11.3 Å². The lowest BCUT2D eigenvalue weighted by molar-refractivity contribution is -0.117. The Morgan fingerprint density at radius 1 is 1.36 bits per heavy atom. The van der Waals surface area contributed by atoms with Gasteiger partial charge in [0.2, 0.25) is 0 Å². The lowest BCUT2D eigenvalue weighted by Gasteiger charge is -2.14. The van der Waals surface area contributed by atoms with Crippen LogP contribution in [0.25, 0.3) is 6.08 Å². The number of rotatable bonds is 8. The molecule has 0 aromatic heterocycles. The van der Waals surface area contributed by atoms with Gasteiger partial charge in [0.05, 0.1) is 17.6 Å². The van der Waals surface area contributed by atoms with Gasteiger partial charge in [-0.05, 0) is 52.2 Å². The molecule has 2 aromatic carbocycles. The number of amides is 1. The number of carbonyl (C=O) groups excluding carboxylic acids is 1. The molecule has 28 heavy (non-hydrogen) atoms. The molecule has 0 aliphatic heterocycles.